The highest BCUT2D eigenvalue weighted by Gasteiger charge is 2.30. The highest BCUT2D eigenvalue weighted by molar-refractivity contribution is 5.70. The van der Waals surface area contributed by atoms with E-state index in [0.29, 0.717) is 24.1 Å². The van der Waals surface area contributed by atoms with E-state index in [1.165, 1.54) is 6.33 Å². The lowest BCUT2D eigenvalue weighted by Gasteiger charge is -2.17. The molecule has 1 aromatic heterocycles. The lowest BCUT2D eigenvalue weighted by molar-refractivity contribution is -0.383. The zero-order valence-electron chi connectivity index (χ0n) is 11.3. The van der Waals surface area contributed by atoms with Gasteiger partial charge in [0.15, 0.2) is 0 Å². The van der Waals surface area contributed by atoms with Crippen molar-refractivity contribution in [2.24, 2.45) is 5.92 Å². The fraction of sp³-hybridized carbons (Fsp3) is 0.667. The van der Waals surface area contributed by atoms with Gasteiger partial charge in [-0.15, -0.1) is 0 Å². The van der Waals surface area contributed by atoms with Crippen LogP contribution in [0, 0.1) is 16.0 Å². The predicted octanol–water partition coefficient (Wildman–Crippen LogP) is 2.05. The van der Waals surface area contributed by atoms with Crippen LogP contribution in [0.2, 0.25) is 0 Å². The first-order valence-electron chi connectivity index (χ1n) is 6.65. The quantitative estimate of drug-likeness (QED) is 0.648. The van der Waals surface area contributed by atoms with Gasteiger partial charge < -0.3 is 10.2 Å². The summed E-state index contributed by atoms with van der Waals surface area (Å²) < 4.78 is 0. The Balaban J connectivity index is 2.34. The smallest absolute Gasteiger partial charge is 0.353 e. The molecule has 1 aliphatic rings. The zero-order valence-corrected chi connectivity index (χ0v) is 11.3. The normalized spacial score (nSPS) is 18.6. The fourth-order valence-electron chi connectivity index (χ4n) is 2.42. The Kier molecular flexibility index (Phi) is 4.13. The molecule has 1 saturated heterocycles. The van der Waals surface area contributed by atoms with Crippen molar-refractivity contribution in [3.05, 3.63) is 16.4 Å². The molecule has 0 amide bonds. The van der Waals surface area contributed by atoms with E-state index in [1.54, 1.807) is 0 Å². The third-order valence-electron chi connectivity index (χ3n) is 3.49. The number of aromatic nitrogens is 2. The molecule has 0 aromatic carbocycles. The largest absolute Gasteiger partial charge is 0.364 e. The van der Waals surface area contributed by atoms with Crippen LogP contribution >= 0.6 is 0 Å². The molecule has 2 rings (SSSR count). The summed E-state index contributed by atoms with van der Waals surface area (Å²) >= 11 is 0. The van der Waals surface area contributed by atoms with Crippen molar-refractivity contribution in [3.63, 3.8) is 0 Å². The molecule has 1 unspecified atom stereocenters. The van der Waals surface area contributed by atoms with Gasteiger partial charge in [-0.25, -0.2) is 9.97 Å². The molecule has 1 aliphatic heterocycles. The van der Waals surface area contributed by atoms with Gasteiger partial charge in [0.2, 0.25) is 11.6 Å². The molecule has 1 aromatic rings. The molecular weight excluding hydrogens is 246 g/mol. The number of nitrogens with one attached hydrogen (secondary N) is 1. The topological polar surface area (TPSA) is 84.2 Å². The molecular formula is C12H19N5O2. The zero-order chi connectivity index (χ0) is 13.8. The molecule has 19 heavy (non-hydrogen) atoms. The number of anilines is 2. The van der Waals surface area contributed by atoms with Crippen molar-refractivity contribution in [1.82, 2.24) is 9.97 Å². The first-order valence-corrected chi connectivity index (χ1v) is 6.65. The Hall–Kier alpha value is -1.92. The molecule has 104 valence electrons. The standard InChI is InChI=1S/C12H19N5O2/c1-3-9-5-6-16(7-9)12-10(17(18)19)11(13-4-2)14-8-15-12/h8-9H,3-7H2,1-2H3,(H,13,14,15). The maximum atomic E-state index is 11.3. The minimum Gasteiger partial charge on any atom is -0.364 e. The molecule has 0 aliphatic carbocycles. The molecule has 7 heteroatoms. The van der Waals surface area contributed by atoms with Gasteiger partial charge in [0.1, 0.15) is 6.33 Å². The van der Waals surface area contributed by atoms with E-state index >= 15 is 0 Å². The second-order valence-electron chi connectivity index (χ2n) is 4.69. The number of nitro groups is 1. The van der Waals surface area contributed by atoms with Crippen LogP contribution in [0.4, 0.5) is 17.3 Å². The number of nitrogens with zero attached hydrogens (tertiary/aromatic N) is 4. The van der Waals surface area contributed by atoms with Crippen molar-refractivity contribution in [3.8, 4) is 0 Å². The van der Waals surface area contributed by atoms with Gasteiger partial charge in [0, 0.05) is 19.6 Å². The molecule has 1 N–H and O–H groups in total. The van der Waals surface area contributed by atoms with Gasteiger partial charge >= 0.3 is 5.69 Å². The summed E-state index contributed by atoms with van der Waals surface area (Å²) in [5.41, 5.74) is -0.0129. The van der Waals surface area contributed by atoms with Gasteiger partial charge in [-0.3, -0.25) is 10.1 Å². The summed E-state index contributed by atoms with van der Waals surface area (Å²) in [7, 11) is 0. The van der Waals surface area contributed by atoms with Crippen LogP contribution < -0.4 is 10.2 Å². The molecule has 0 saturated carbocycles. The van der Waals surface area contributed by atoms with Crippen LogP contribution in [0.15, 0.2) is 6.33 Å². The summed E-state index contributed by atoms with van der Waals surface area (Å²) in [5.74, 6) is 1.33. The van der Waals surface area contributed by atoms with Crippen LogP contribution in [0.5, 0.6) is 0 Å². The average Bonchev–Trinajstić information content (AvgIpc) is 2.87. The van der Waals surface area contributed by atoms with Crippen LogP contribution in [-0.4, -0.2) is 34.5 Å². The molecule has 1 atom stereocenters. The van der Waals surface area contributed by atoms with Crippen LogP contribution in [0.3, 0.4) is 0 Å². The van der Waals surface area contributed by atoms with Gasteiger partial charge in [-0.1, -0.05) is 13.3 Å². The first-order chi connectivity index (χ1) is 9.17. The summed E-state index contributed by atoms with van der Waals surface area (Å²) in [4.78, 5) is 21.0. The van der Waals surface area contributed by atoms with Gasteiger partial charge in [0.05, 0.1) is 4.92 Å². The van der Waals surface area contributed by atoms with Gasteiger partial charge in [0.25, 0.3) is 0 Å². The number of hydrogen-bond donors (Lipinski definition) is 1. The van der Waals surface area contributed by atoms with Crippen LogP contribution in [0.25, 0.3) is 0 Å². The van der Waals surface area contributed by atoms with Crippen molar-refractivity contribution in [2.45, 2.75) is 26.7 Å². The van der Waals surface area contributed by atoms with E-state index in [0.717, 1.165) is 25.9 Å². The highest BCUT2D eigenvalue weighted by atomic mass is 16.6. The van der Waals surface area contributed by atoms with E-state index < -0.39 is 4.92 Å². The third kappa shape index (κ3) is 2.74. The molecule has 0 spiro atoms. The average molecular weight is 265 g/mol. The Morgan fingerprint density at radius 2 is 2.32 bits per heavy atom. The molecule has 1 fully saturated rings. The van der Waals surface area contributed by atoms with Crippen molar-refractivity contribution >= 4 is 17.3 Å². The van der Waals surface area contributed by atoms with Crippen molar-refractivity contribution in [1.29, 1.82) is 0 Å². The van der Waals surface area contributed by atoms with Gasteiger partial charge in [-0.05, 0) is 19.3 Å². The highest BCUT2D eigenvalue weighted by Crippen LogP contribution is 2.34. The van der Waals surface area contributed by atoms with E-state index in [9.17, 15) is 10.1 Å². The van der Waals surface area contributed by atoms with E-state index in [-0.39, 0.29) is 5.69 Å². The minimum atomic E-state index is -0.396. The lowest BCUT2D eigenvalue weighted by atomic mass is 10.1. The summed E-state index contributed by atoms with van der Waals surface area (Å²) in [6, 6.07) is 0. The summed E-state index contributed by atoms with van der Waals surface area (Å²) in [6.45, 7) is 6.28. The molecule has 0 bridgehead atoms. The Morgan fingerprint density at radius 1 is 1.53 bits per heavy atom. The minimum absolute atomic E-state index is 0.0129. The summed E-state index contributed by atoms with van der Waals surface area (Å²) in [5, 5.41) is 14.2. The second kappa shape index (κ2) is 5.81. The Morgan fingerprint density at radius 3 is 2.89 bits per heavy atom. The van der Waals surface area contributed by atoms with E-state index in [4.69, 9.17) is 0 Å². The fourth-order valence-corrected chi connectivity index (χ4v) is 2.42. The Labute approximate surface area is 112 Å². The van der Waals surface area contributed by atoms with Gasteiger partial charge in [-0.2, -0.15) is 0 Å². The molecule has 0 radical (unpaired) electrons. The molecule has 7 nitrogen and oxygen atoms in total. The summed E-state index contributed by atoms with van der Waals surface area (Å²) in [6.07, 6.45) is 3.54. The predicted molar refractivity (Wildman–Crippen MR) is 73.5 cm³/mol. The first kappa shape index (κ1) is 13.5. The van der Waals surface area contributed by atoms with E-state index in [1.807, 2.05) is 11.8 Å². The lowest BCUT2D eigenvalue weighted by Crippen LogP contribution is -2.22. The SMILES string of the molecule is CCNc1ncnc(N2CCC(CC)C2)c1[N+](=O)[O-]. The number of hydrogen-bond acceptors (Lipinski definition) is 6. The third-order valence-corrected chi connectivity index (χ3v) is 3.49. The Bertz CT molecular complexity index is 465. The van der Waals surface area contributed by atoms with Crippen LogP contribution in [-0.2, 0) is 0 Å². The maximum Gasteiger partial charge on any atom is 0.353 e. The second-order valence-corrected chi connectivity index (χ2v) is 4.69. The van der Waals surface area contributed by atoms with Crippen molar-refractivity contribution in [2.75, 3.05) is 29.9 Å². The monoisotopic (exact) mass is 265 g/mol. The van der Waals surface area contributed by atoms with Crippen molar-refractivity contribution < 1.29 is 4.92 Å². The molecule has 2 heterocycles. The maximum absolute atomic E-state index is 11.3. The van der Waals surface area contributed by atoms with E-state index in [2.05, 4.69) is 22.2 Å². The number of rotatable bonds is 5. The van der Waals surface area contributed by atoms with Crippen LogP contribution in [0.1, 0.15) is 26.7 Å².